The van der Waals surface area contributed by atoms with Crippen LogP contribution in [0, 0.1) is 6.92 Å². The monoisotopic (exact) mass is 367 g/mol. The number of hydrogen-bond donors (Lipinski definition) is 0. The largest absolute Gasteiger partial charge is 0.434 e. The number of anilines is 1. The molecule has 0 unspecified atom stereocenters. The molecule has 4 rings (SSSR count). The highest BCUT2D eigenvalue weighted by molar-refractivity contribution is 5.64. The first kappa shape index (κ1) is 16.8. The predicted octanol–water partition coefficient (Wildman–Crippen LogP) is 1.76. The van der Waals surface area contributed by atoms with Crippen molar-refractivity contribution in [1.29, 1.82) is 0 Å². The molecule has 11 heteroatoms. The maximum atomic E-state index is 12.9. The Kier molecular flexibility index (Phi) is 4.02. The fourth-order valence-electron chi connectivity index (χ4n) is 2.99. The number of nitrogens with zero attached hydrogens (tertiary/aromatic N) is 7. The summed E-state index contributed by atoms with van der Waals surface area (Å²) >= 11 is 0. The molecule has 3 aromatic heterocycles. The normalized spacial score (nSPS) is 16.5. The second kappa shape index (κ2) is 6.24. The smallest absolute Gasteiger partial charge is 0.351 e. The van der Waals surface area contributed by atoms with Gasteiger partial charge in [-0.15, -0.1) is 0 Å². The third kappa shape index (κ3) is 3.21. The summed E-state index contributed by atoms with van der Waals surface area (Å²) in [6.07, 6.45) is -0.547. The van der Waals surface area contributed by atoms with Crippen molar-refractivity contribution in [1.82, 2.24) is 29.4 Å². The van der Waals surface area contributed by atoms with Crippen molar-refractivity contribution in [3.8, 4) is 0 Å². The molecule has 0 N–H and O–H groups in total. The first-order valence-corrected chi connectivity index (χ1v) is 8.07. The van der Waals surface area contributed by atoms with Crippen molar-refractivity contribution in [2.45, 2.75) is 19.6 Å². The summed E-state index contributed by atoms with van der Waals surface area (Å²) in [5.41, 5.74) is -0.708. The van der Waals surface area contributed by atoms with Crippen LogP contribution >= 0.6 is 0 Å². The molecule has 138 valence electrons. The first-order valence-electron chi connectivity index (χ1n) is 8.07. The van der Waals surface area contributed by atoms with E-state index in [-0.39, 0.29) is 5.65 Å². The molecule has 0 amide bonds. The molecule has 0 aliphatic carbocycles. The van der Waals surface area contributed by atoms with Crippen molar-refractivity contribution in [3.63, 3.8) is 0 Å². The molecule has 1 aliphatic rings. The zero-order valence-electron chi connectivity index (χ0n) is 13.9. The summed E-state index contributed by atoms with van der Waals surface area (Å²) in [4.78, 5) is 16.3. The second-order valence-corrected chi connectivity index (χ2v) is 6.10. The number of rotatable bonds is 3. The van der Waals surface area contributed by atoms with Crippen molar-refractivity contribution in [3.05, 3.63) is 36.0 Å². The topological polar surface area (TPSA) is 75.6 Å². The number of halogens is 3. The molecule has 0 atom stereocenters. The Morgan fingerprint density at radius 2 is 1.92 bits per heavy atom. The Hall–Kier alpha value is -2.69. The lowest BCUT2D eigenvalue weighted by atomic mass is 10.3. The van der Waals surface area contributed by atoms with E-state index < -0.39 is 11.9 Å². The number of fused-ring (bicyclic) bond motifs is 1. The number of hydrogen-bond acceptors (Lipinski definition) is 7. The first-order chi connectivity index (χ1) is 12.4. The lowest BCUT2D eigenvalue weighted by Crippen LogP contribution is -2.46. The average Bonchev–Trinajstić information content (AvgIpc) is 3.21. The SMILES string of the molecule is Cc1nc(CN2CCN(c3nccn4cc(C(F)(F)F)nc34)CC2)no1. The van der Waals surface area contributed by atoms with E-state index in [0.717, 1.165) is 6.20 Å². The van der Waals surface area contributed by atoms with Crippen molar-refractivity contribution in [2.24, 2.45) is 0 Å². The summed E-state index contributed by atoms with van der Waals surface area (Å²) in [5.74, 6) is 1.60. The molecule has 3 aromatic rings. The van der Waals surface area contributed by atoms with Gasteiger partial charge < -0.3 is 13.8 Å². The van der Waals surface area contributed by atoms with Crippen molar-refractivity contribution in [2.75, 3.05) is 31.1 Å². The van der Waals surface area contributed by atoms with Crippen LogP contribution in [0.1, 0.15) is 17.4 Å². The van der Waals surface area contributed by atoms with Gasteiger partial charge in [-0.25, -0.2) is 9.97 Å². The number of aromatic nitrogens is 5. The average molecular weight is 367 g/mol. The molecule has 8 nitrogen and oxygen atoms in total. The maximum Gasteiger partial charge on any atom is 0.434 e. The molecule has 0 saturated carbocycles. The van der Waals surface area contributed by atoms with Crippen LogP contribution in [-0.2, 0) is 12.7 Å². The summed E-state index contributed by atoms with van der Waals surface area (Å²) in [6.45, 7) is 4.98. The summed E-state index contributed by atoms with van der Waals surface area (Å²) in [6, 6.07) is 0. The highest BCUT2D eigenvalue weighted by atomic mass is 19.4. The third-order valence-corrected chi connectivity index (χ3v) is 4.25. The van der Waals surface area contributed by atoms with Gasteiger partial charge in [-0.3, -0.25) is 4.90 Å². The molecule has 1 fully saturated rings. The minimum atomic E-state index is -4.48. The van der Waals surface area contributed by atoms with Crippen molar-refractivity contribution >= 4 is 11.5 Å². The Bertz CT molecular complexity index is 911. The molecule has 4 heterocycles. The molecule has 26 heavy (non-hydrogen) atoms. The van der Waals surface area contributed by atoms with E-state index in [1.165, 1.54) is 16.8 Å². The zero-order valence-corrected chi connectivity index (χ0v) is 13.9. The van der Waals surface area contributed by atoms with Gasteiger partial charge in [-0.2, -0.15) is 18.2 Å². The lowest BCUT2D eigenvalue weighted by Gasteiger charge is -2.34. The molecular weight excluding hydrogens is 351 g/mol. The highest BCUT2D eigenvalue weighted by Gasteiger charge is 2.34. The van der Waals surface area contributed by atoms with Crippen LogP contribution in [0.4, 0.5) is 19.0 Å². The molecule has 0 spiro atoms. The summed E-state index contributed by atoms with van der Waals surface area (Å²) in [7, 11) is 0. The van der Waals surface area contributed by atoms with Gasteiger partial charge in [-0.05, 0) is 0 Å². The van der Waals surface area contributed by atoms with Crippen LogP contribution in [0.15, 0.2) is 23.1 Å². The van der Waals surface area contributed by atoms with Crippen molar-refractivity contribution < 1.29 is 17.7 Å². The van der Waals surface area contributed by atoms with Gasteiger partial charge in [0.05, 0.1) is 6.54 Å². The quantitative estimate of drug-likeness (QED) is 0.698. The number of piperazine rings is 1. The Morgan fingerprint density at radius 1 is 1.15 bits per heavy atom. The van der Waals surface area contributed by atoms with Crippen LogP contribution < -0.4 is 4.90 Å². The highest BCUT2D eigenvalue weighted by Crippen LogP contribution is 2.30. The molecule has 0 radical (unpaired) electrons. The van der Waals surface area contributed by atoms with Gasteiger partial charge in [0.25, 0.3) is 0 Å². The van der Waals surface area contributed by atoms with E-state index >= 15 is 0 Å². The third-order valence-electron chi connectivity index (χ3n) is 4.25. The standard InChI is InChI=1S/C15H16F3N7O/c1-10-20-12(22-26-10)9-23-4-6-24(7-5-23)13-14-21-11(15(16,17)18)8-25(14)3-2-19-13/h2-3,8H,4-7,9H2,1H3. The minimum Gasteiger partial charge on any atom is -0.351 e. The van der Waals surface area contributed by atoms with Crippen LogP contribution in [0.2, 0.25) is 0 Å². The molecular formula is C15H16F3N7O. The fraction of sp³-hybridized carbons (Fsp3) is 0.467. The van der Waals surface area contributed by atoms with E-state index in [0.29, 0.717) is 50.3 Å². The Morgan fingerprint density at radius 3 is 2.58 bits per heavy atom. The summed E-state index contributed by atoms with van der Waals surface area (Å²) < 4.78 is 45.1. The summed E-state index contributed by atoms with van der Waals surface area (Å²) in [5, 5.41) is 3.88. The van der Waals surface area contributed by atoms with Gasteiger partial charge >= 0.3 is 6.18 Å². The maximum absolute atomic E-state index is 12.9. The van der Waals surface area contributed by atoms with Gasteiger partial charge in [0, 0.05) is 51.7 Å². The number of imidazole rings is 1. The lowest BCUT2D eigenvalue weighted by molar-refractivity contribution is -0.140. The minimum absolute atomic E-state index is 0.210. The van der Waals surface area contributed by atoms with Gasteiger partial charge in [0.15, 0.2) is 23.0 Å². The number of alkyl halides is 3. The van der Waals surface area contributed by atoms with E-state index in [9.17, 15) is 13.2 Å². The van der Waals surface area contributed by atoms with E-state index in [4.69, 9.17) is 4.52 Å². The van der Waals surface area contributed by atoms with Crippen LogP contribution in [0.3, 0.4) is 0 Å². The van der Waals surface area contributed by atoms with Gasteiger partial charge in [0.1, 0.15) is 0 Å². The van der Waals surface area contributed by atoms with Crippen LogP contribution in [0.5, 0.6) is 0 Å². The van der Waals surface area contributed by atoms with Gasteiger partial charge in [-0.1, -0.05) is 5.16 Å². The van der Waals surface area contributed by atoms with E-state index in [1.54, 1.807) is 6.92 Å². The fourth-order valence-corrected chi connectivity index (χ4v) is 2.99. The molecule has 1 aliphatic heterocycles. The van der Waals surface area contributed by atoms with Crippen LogP contribution in [-0.4, -0.2) is 55.6 Å². The molecule has 1 saturated heterocycles. The number of aryl methyl sites for hydroxylation is 1. The molecule has 0 aromatic carbocycles. The van der Waals surface area contributed by atoms with Gasteiger partial charge in [0.2, 0.25) is 5.89 Å². The van der Waals surface area contributed by atoms with E-state index in [1.807, 2.05) is 4.90 Å². The Labute approximate surface area is 146 Å². The molecule has 0 bridgehead atoms. The van der Waals surface area contributed by atoms with Crippen LogP contribution in [0.25, 0.3) is 5.65 Å². The second-order valence-electron chi connectivity index (χ2n) is 6.10. The predicted molar refractivity (Wildman–Crippen MR) is 84.5 cm³/mol. The zero-order chi connectivity index (χ0) is 18.3. The Balaban J connectivity index is 1.49. The van der Waals surface area contributed by atoms with E-state index in [2.05, 4.69) is 25.0 Å².